The molecule has 3 rings (SSSR count). The average molecular weight is 367 g/mol. The monoisotopic (exact) mass is 367 g/mol. The zero-order chi connectivity index (χ0) is 19.4. The maximum absolute atomic E-state index is 11.3. The van der Waals surface area contributed by atoms with Gasteiger partial charge in [-0.25, -0.2) is 4.98 Å². The Hall–Kier alpha value is -3.55. The number of hydrogen-bond acceptors (Lipinski definition) is 6. The van der Waals surface area contributed by atoms with Crippen molar-refractivity contribution in [1.82, 2.24) is 4.98 Å². The lowest BCUT2D eigenvalue weighted by atomic mass is 9.93. The molecule has 1 atom stereocenters. The lowest BCUT2D eigenvalue weighted by molar-refractivity contribution is -0.483. The van der Waals surface area contributed by atoms with Gasteiger partial charge in [-0.2, -0.15) is 0 Å². The van der Waals surface area contributed by atoms with Crippen LogP contribution in [0.3, 0.4) is 0 Å². The molecule has 0 spiro atoms. The molecular weight excluding hydrogens is 350 g/mol. The molecule has 0 aliphatic carbocycles. The highest BCUT2D eigenvalue weighted by molar-refractivity contribution is 5.87. The first kappa shape index (κ1) is 18.2. The Bertz CT molecular complexity index is 1010. The number of rotatable bonds is 7. The highest BCUT2D eigenvalue weighted by Crippen LogP contribution is 2.30. The molecule has 0 fully saturated rings. The molecule has 0 unspecified atom stereocenters. The van der Waals surface area contributed by atoms with Crippen molar-refractivity contribution in [3.05, 3.63) is 86.1 Å². The molecule has 1 aromatic heterocycles. The van der Waals surface area contributed by atoms with Crippen LogP contribution in [0.15, 0.2) is 54.6 Å². The van der Waals surface area contributed by atoms with E-state index in [-0.39, 0.29) is 29.1 Å². The Balaban J connectivity index is 2.02. The van der Waals surface area contributed by atoms with Gasteiger partial charge in [-0.1, -0.05) is 36.4 Å². The number of nitro benzene ring substituents is 1. The zero-order valence-electron chi connectivity index (χ0n) is 14.6. The van der Waals surface area contributed by atoms with Crippen molar-refractivity contribution in [3.8, 4) is 5.75 Å². The fourth-order valence-electron chi connectivity index (χ4n) is 3.14. The smallest absolute Gasteiger partial charge is 0.295 e. The van der Waals surface area contributed by atoms with E-state index >= 15 is 0 Å². The summed E-state index contributed by atoms with van der Waals surface area (Å²) in [4.78, 5) is 26.0. The first-order valence-electron chi connectivity index (χ1n) is 8.27. The molecular formula is C19H17N3O5. The average Bonchev–Trinajstić information content (AvgIpc) is 2.66. The van der Waals surface area contributed by atoms with Gasteiger partial charge in [0, 0.05) is 34.1 Å². The second-order valence-corrected chi connectivity index (χ2v) is 6.07. The lowest BCUT2D eigenvalue weighted by Gasteiger charge is -2.16. The number of ether oxygens (including phenoxy) is 1. The highest BCUT2D eigenvalue weighted by Gasteiger charge is 2.23. The minimum atomic E-state index is -0.478. The van der Waals surface area contributed by atoms with Gasteiger partial charge in [-0.05, 0) is 12.1 Å². The summed E-state index contributed by atoms with van der Waals surface area (Å²) in [6.07, 6.45) is 0.267. The van der Waals surface area contributed by atoms with E-state index in [2.05, 4.69) is 4.98 Å². The lowest BCUT2D eigenvalue weighted by Crippen LogP contribution is -2.16. The normalized spacial score (nSPS) is 11.9. The number of methoxy groups -OCH3 is 1. The van der Waals surface area contributed by atoms with Crippen LogP contribution in [0.25, 0.3) is 10.9 Å². The van der Waals surface area contributed by atoms with E-state index < -0.39 is 10.8 Å². The largest absolute Gasteiger partial charge is 0.496 e. The summed E-state index contributed by atoms with van der Waals surface area (Å²) in [5.74, 6) is 0.0972. The molecule has 0 N–H and O–H groups in total. The molecule has 2 aromatic carbocycles. The van der Waals surface area contributed by atoms with Gasteiger partial charge in [-0.3, -0.25) is 20.2 Å². The van der Waals surface area contributed by atoms with Crippen LogP contribution in [0.5, 0.6) is 5.75 Å². The summed E-state index contributed by atoms with van der Waals surface area (Å²) in [5, 5.41) is 23.1. The van der Waals surface area contributed by atoms with E-state index in [4.69, 9.17) is 4.74 Å². The van der Waals surface area contributed by atoms with Gasteiger partial charge in [0.2, 0.25) is 6.54 Å². The quantitative estimate of drug-likeness (QED) is 0.465. The molecule has 0 aliphatic heterocycles. The number of nitro groups is 2. The van der Waals surface area contributed by atoms with E-state index in [9.17, 15) is 20.2 Å². The summed E-state index contributed by atoms with van der Waals surface area (Å²) in [6, 6.07) is 15.4. The fourth-order valence-corrected chi connectivity index (χ4v) is 3.14. The van der Waals surface area contributed by atoms with E-state index in [1.165, 1.54) is 13.2 Å². The molecule has 1 heterocycles. The molecule has 3 aromatic rings. The SMILES string of the molecule is COc1ccccc1[C@@H](Cc1ccc2cccc([N+](=O)[O-])c2n1)C[N+](=O)[O-]. The van der Waals surface area contributed by atoms with Crippen molar-refractivity contribution in [2.24, 2.45) is 0 Å². The second-order valence-electron chi connectivity index (χ2n) is 6.07. The van der Waals surface area contributed by atoms with Gasteiger partial charge < -0.3 is 4.74 Å². The van der Waals surface area contributed by atoms with Crippen LogP contribution >= 0.6 is 0 Å². The van der Waals surface area contributed by atoms with Crippen molar-refractivity contribution in [1.29, 1.82) is 0 Å². The van der Waals surface area contributed by atoms with Crippen molar-refractivity contribution in [2.75, 3.05) is 13.7 Å². The minimum absolute atomic E-state index is 0.0857. The highest BCUT2D eigenvalue weighted by atomic mass is 16.6. The van der Waals surface area contributed by atoms with Crippen LogP contribution in [-0.4, -0.2) is 28.5 Å². The van der Waals surface area contributed by atoms with E-state index in [0.717, 1.165) is 0 Å². The Labute approximate surface area is 154 Å². The summed E-state index contributed by atoms with van der Waals surface area (Å²) in [5.41, 5.74) is 1.45. The first-order chi connectivity index (χ1) is 13.0. The third kappa shape index (κ3) is 4.00. The van der Waals surface area contributed by atoms with Gasteiger partial charge in [-0.15, -0.1) is 0 Å². The number of hydrogen-bond donors (Lipinski definition) is 0. The number of benzene rings is 2. The summed E-state index contributed by atoms with van der Waals surface area (Å²) < 4.78 is 5.33. The number of non-ortho nitro benzene ring substituents is 1. The molecule has 8 heteroatoms. The van der Waals surface area contributed by atoms with Gasteiger partial charge in [0.05, 0.1) is 18.0 Å². The third-order valence-electron chi connectivity index (χ3n) is 4.36. The number of nitrogens with zero attached hydrogens (tertiary/aromatic N) is 3. The van der Waals surface area contributed by atoms with Gasteiger partial charge in [0.1, 0.15) is 11.3 Å². The topological polar surface area (TPSA) is 108 Å². The van der Waals surface area contributed by atoms with Crippen LogP contribution in [-0.2, 0) is 6.42 Å². The molecule has 0 radical (unpaired) electrons. The van der Waals surface area contributed by atoms with Crippen molar-refractivity contribution >= 4 is 16.6 Å². The Morgan fingerprint density at radius 2 is 1.81 bits per heavy atom. The molecule has 0 amide bonds. The fraction of sp³-hybridized carbons (Fsp3) is 0.211. The van der Waals surface area contributed by atoms with Gasteiger partial charge >= 0.3 is 0 Å². The Morgan fingerprint density at radius 3 is 2.52 bits per heavy atom. The number of fused-ring (bicyclic) bond motifs is 1. The standard InChI is InChI=1S/C19H17N3O5/c1-27-18-8-3-2-6-16(18)14(12-21(23)24)11-15-10-9-13-5-4-7-17(22(25)26)19(13)20-15/h2-10,14H,11-12H2,1H3/t14-/m0/s1. The van der Waals surface area contributed by atoms with Crippen LogP contribution in [0.4, 0.5) is 5.69 Å². The van der Waals surface area contributed by atoms with E-state index in [1.807, 2.05) is 0 Å². The van der Waals surface area contributed by atoms with Crippen LogP contribution in [0, 0.1) is 20.2 Å². The Morgan fingerprint density at radius 1 is 1.04 bits per heavy atom. The van der Waals surface area contributed by atoms with Crippen LogP contribution in [0.1, 0.15) is 17.2 Å². The minimum Gasteiger partial charge on any atom is -0.496 e. The summed E-state index contributed by atoms with van der Waals surface area (Å²) >= 11 is 0. The molecule has 0 bridgehead atoms. The van der Waals surface area contributed by atoms with Gasteiger partial charge in [0.25, 0.3) is 5.69 Å². The van der Waals surface area contributed by atoms with Crippen molar-refractivity contribution in [3.63, 3.8) is 0 Å². The van der Waals surface area contributed by atoms with Crippen molar-refractivity contribution in [2.45, 2.75) is 12.3 Å². The molecule has 27 heavy (non-hydrogen) atoms. The van der Waals surface area contributed by atoms with Gasteiger partial charge in [0.15, 0.2) is 0 Å². The van der Waals surface area contributed by atoms with Crippen LogP contribution < -0.4 is 4.74 Å². The molecule has 8 nitrogen and oxygen atoms in total. The van der Waals surface area contributed by atoms with E-state index in [0.29, 0.717) is 22.4 Å². The van der Waals surface area contributed by atoms with Crippen molar-refractivity contribution < 1.29 is 14.6 Å². The molecule has 138 valence electrons. The third-order valence-corrected chi connectivity index (χ3v) is 4.36. The summed E-state index contributed by atoms with van der Waals surface area (Å²) in [6.45, 7) is -0.295. The maximum Gasteiger partial charge on any atom is 0.295 e. The molecule has 0 saturated heterocycles. The predicted octanol–water partition coefficient (Wildman–Crippen LogP) is 3.75. The maximum atomic E-state index is 11.3. The first-order valence-corrected chi connectivity index (χ1v) is 8.27. The van der Waals surface area contributed by atoms with Crippen LogP contribution in [0.2, 0.25) is 0 Å². The number of pyridine rings is 1. The second kappa shape index (κ2) is 7.77. The molecule has 0 aliphatic rings. The number of aromatic nitrogens is 1. The number of para-hydroxylation sites is 2. The van der Waals surface area contributed by atoms with E-state index in [1.54, 1.807) is 48.5 Å². The molecule has 0 saturated carbocycles. The predicted molar refractivity (Wildman–Crippen MR) is 99.7 cm³/mol. The summed E-state index contributed by atoms with van der Waals surface area (Å²) in [7, 11) is 1.51. The zero-order valence-corrected chi connectivity index (χ0v) is 14.6. The Kier molecular flexibility index (Phi) is 5.25.